The van der Waals surface area contributed by atoms with Gasteiger partial charge in [0.25, 0.3) is 0 Å². The number of aliphatic hydroxyl groups is 1. The van der Waals surface area contributed by atoms with E-state index in [-0.39, 0.29) is 12.0 Å². The predicted molar refractivity (Wildman–Crippen MR) is 38.8 cm³/mol. The first kappa shape index (κ1) is 7.82. The molecule has 2 rings (SSSR count). The zero-order chi connectivity index (χ0) is 8.72. The third-order valence-electron chi connectivity index (χ3n) is 2.51. The van der Waals surface area contributed by atoms with E-state index in [0.717, 1.165) is 0 Å². The van der Waals surface area contributed by atoms with Crippen molar-refractivity contribution in [3.05, 3.63) is 0 Å². The van der Waals surface area contributed by atoms with Gasteiger partial charge in [0.2, 0.25) is 0 Å². The van der Waals surface area contributed by atoms with E-state index in [4.69, 9.17) is 9.84 Å². The van der Waals surface area contributed by atoms with Crippen LogP contribution < -0.4 is 0 Å². The zero-order valence-corrected chi connectivity index (χ0v) is 6.51. The standard InChI is InChI=1S/C7H11NO4/c9-6-4-1-8(7(10)11)2-5(6)12-3-4/h4-6,9H,1-3H2,(H,10,11)/t4-,5-,6?/m0/s1. The highest BCUT2D eigenvalue weighted by molar-refractivity contribution is 5.65. The van der Waals surface area contributed by atoms with Crippen molar-refractivity contribution in [1.29, 1.82) is 0 Å². The normalized spacial score (nSPS) is 40.1. The molecule has 0 saturated carbocycles. The van der Waals surface area contributed by atoms with E-state index in [9.17, 15) is 9.90 Å². The molecule has 0 radical (unpaired) electrons. The monoisotopic (exact) mass is 173 g/mol. The van der Waals surface area contributed by atoms with Gasteiger partial charge in [-0.1, -0.05) is 0 Å². The molecule has 2 aliphatic heterocycles. The van der Waals surface area contributed by atoms with Crippen molar-refractivity contribution in [2.75, 3.05) is 19.7 Å². The van der Waals surface area contributed by atoms with Crippen molar-refractivity contribution in [1.82, 2.24) is 4.90 Å². The molecule has 2 N–H and O–H groups in total. The third kappa shape index (κ3) is 1.05. The number of ether oxygens (including phenoxy) is 1. The first-order valence-corrected chi connectivity index (χ1v) is 3.96. The van der Waals surface area contributed by atoms with Gasteiger partial charge >= 0.3 is 6.09 Å². The Hall–Kier alpha value is -0.810. The van der Waals surface area contributed by atoms with Crippen LogP contribution in [0, 0.1) is 5.92 Å². The summed E-state index contributed by atoms with van der Waals surface area (Å²) < 4.78 is 5.21. The highest BCUT2D eigenvalue weighted by Gasteiger charge is 2.43. The molecule has 0 spiro atoms. The number of piperidine rings is 1. The lowest BCUT2D eigenvalue weighted by Gasteiger charge is -2.31. The molecule has 2 aliphatic rings. The van der Waals surface area contributed by atoms with Crippen LogP contribution in [0.5, 0.6) is 0 Å². The molecular formula is C7H11NO4. The molecule has 1 unspecified atom stereocenters. The van der Waals surface area contributed by atoms with E-state index in [1.807, 2.05) is 0 Å². The van der Waals surface area contributed by atoms with Crippen LogP contribution in [0.3, 0.4) is 0 Å². The molecule has 0 aromatic heterocycles. The topological polar surface area (TPSA) is 70.0 Å². The first-order valence-electron chi connectivity index (χ1n) is 3.96. The van der Waals surface area contributed by atoms with Gasteiger partial charge in [0, 0.05) is 12.5 Å². The summed E-state index contributed by atoms with van der Waals surface area (Å²) in [6.45, 7) is 1.18. The van der Waals surface area contributed by atoms with E-state index in [2.05, 4.69) is 0 Å². The van der Waals surface area contributed by atoms with Crippen LogP contribution in [-0.2, 0) is 4.74 Å². The Labute approximate surface area is 69.5 Å². The van der Waals surface area contributed by atoms with E-state index in [1.165, 1.54) is 4.90 Å². The van der Waals surface area contributed by atoms with Crippen LogP contribution in [-0.4, -0.2) is 53.1 Å². The molecule has 0 aromatic rings. The van der Waals surface area contributed by atoms with Crippen LogP contribution in [0.25, 0.3) is 0 Å². The van der Waals surface area contributed by atoms with Crippen molar-refractivity contribution in [3.8, 4) is 0 Å². The van der Waals surface area contributed by atoms with Crippen LogP contribution in [0.1, 0.15) is 0 Å². The summed E-state index contributed by atoms with van der Waals surface area (Å²) >= 11 is 0. The van der Waals surface area contributed by atoms with Gasteiger partial charge in [-0.3, -0.25) is 0 Å². The van der Waals surface area contributed by atoms with Gasteiger partial charge in [0.15, 0.2) is 0 Å². The van der Waals surface area contributed by atoms with Crippen LogP contribution >= 0.6 is 0 Å². The summed E-state index contributed by atoms with van der Waals surface area (Å²) in [7, 11) is 0. The molecule has 2 heterocycles. The Balaban J connectivity index is 2.07. The second-order valence-electron chi connectivity index (χ2n) is 3.31. The molecule has 0 aliphatic carbocycles. The van der Waals surface area contributed by atoms with Gasteiger partial charge in [-0.05, 0) is 0 Å². The fourth-order valence-corrected chi connectivity index (χ4v) is 1.80. The number of carboxylic acid groups (broad SMARTS) is 1. The van der Waals surface area contributed by atoms with Gasteiger partial charge in [-0.15, -0.1) is 0 Å². The highest BCUT2D eigenvalue weighted by atomic mass is 16.5. The molecule has 1 amide bonds. The Morgan fingerprint density at radius 2 is 2.25 bits per heavy atom. The van der Waals surface area contributed by atoms with Gasteiger partial charge < -0.3 is 19.8 Å². The van der Waals surface area contributed by atoms with Gasteiger partial charge in [-0.25, -0.2) is 4.79 Å². The maximum Gasteiger partial charge on any atom is 0.407 e. The minimum absolute atomic E-state index is 0.0279. The Bertz CT molecular complexity index is 194. The van der Waals surface area contributed by atoms with Crippen LogP contribution in [0.4, 0.5) is 4.79 Å². The lowest BCUT2D eigenvalue weighted by Crippen LogP contribution is -2.49. The number of rotatable bonds is 0. The fraction of sp³-hybridized carbons (Fsp3) is 0.857. The largest absolute Gasteiger partial charge is 0.465 e. The summed E-state index contributed by atoms with van der Waals surface area (Å²) in [6, 6.07) is 0. The molecular weight excluding hydrogens is 162 g/mol. The summed E-state index contributed by atoms with van der Waals surface area (Å²) in [5, 5.41) is 18.1. The Morgan fingerprint density at radius 1 is 1.50 bits per heavy atom. The fourth-order valence-electron chi connectivity index (χ4n) is 1.80. The molecule has 2 fully saturated rings. The number of hydrogen-bond donors (Lipinski definition) is 2. The summed E-state index contributed by atoms with van der Waals surface area (Å²) in [4.78, 5) is 11.9. The van der Waals surface area contributed by atoms with E-state index in [0.29, 0.717) is 19.7 Å². The molecule has 0 aromatic carbocycles. The summed E-state index contributed by atoms with van der Waals surface area (Å²) in [5.74, 6) is -0.0279. The van der Waals surface area contributed by atoms with E-state index >= 15 is 0 Å². The number of nitrogens with zero attached hydrogens (tertiary/aromatic N) is 1. The number of likely N-dealkylation sites (tertiary alicyclic amines) is 1. The quantitative estimate of drug-likeness (QED) is 0.511. The maximum absolute atomic E-state index is 10.6. The zero-order valence-electron chi connectivity index (χ0n) is 6.51. The molecule has 2 saturated heterocycles. The minimum Gasteiger partial charge on any atom is -0.465 e. The second-order valence-corrected chi connectivity index (χ2v) is 3.31. The van der Waals surface area contributed by atoms with Crippen LogP contribution in [0.2, 0.25) is 0 Å². The van der Waals surface area contributed by atoms with E-state index < -0.39 is 12.2 Å². The van der Waals surface area contributed by atoms with Gasteiger partial charge in [0.1, 0.15) is 6.10 Å². The predicted octanol–water partition coefficient (Wildman–Crippen LogP) is -0.644. The Kier molecular flexibility index (Phi) is 1.69. The average molecular weight is 173 g/mol. The van der Waals surface area contributed by atoms with Crippen molar-refractivity contribution in [2.24, 2.45) is 5.92 Å². The second kappa shape index (κ2) is 2.60. The van der Waals surface area contributed by atoms with Crippen molar-refractivity contribution in [3.63, 3.8) is 0 Å². The van der Waals surface area contributed by atoms with Gasteiger partial charge in [0.05, 0.1) is 19.3 Å². The lowest BCUT2D eigenvalue weighted by molar-refractivity contribution is -0.00391. The molecule has 68 valence electrons. The molecule has 5 nitrogen and oxygen atoms in total. The van der Waals surface area contributed by atoms with Crippen molar-refractivity contribution >= 4 is 6.09 Å². The number of aliphatic hydroxyl groups excluding tert-OH is 1. The maximum atomic E-state index is 10.6. The number of fused-ring (bicyclic) bond motifs is 2. The smallest absolute Gasteiger partial charge is 0.407 e. The average Bonchev–Trinajstić information content (AvgIpc) is 2.30. The van der Waals surface area contributed by atoms with Gasteiger partial charge in [-0.2, -0.15) is 0 Å². The lowest BCUT2D eigenvalue weighted by atomic mass is 9.97. The molecule has 12 heavy (non-hydrogen) atoms. The summed E-state index contributed by atoms with van der Waals surface area (Å²) in [6.07, 6.45) is -1.71. The van der Waals surface area contributed by atoms with Crippen molar-refractivity contribution in [2.45, 2.75) is 12.2 Å². The molecule has 3 atom stereocenters. The Morgan fingerprint density at radius 3 is 2.83 bits per heavy atom. The SMILES string of the molecule is O=C(O)N1C[C@H]2CO[C@@H](C1)C2O. The number of carbonyl (C=O) groups is 1. The third-order valence-corrected chi connectivity index (χ3v) is 2.51. The van der Waals surface area contributed by atoms with E-state index in [1.54, 1.807) is 0 Å². The van der Waals surface area contributed by atoms with Crippen LogP contribution in [0.15, 0.2) is 0 Å². The van der Waals surface area contributed by atoms with Crippen molar-refractivity contribution < 1.29 is 19.7 Å². The number of hydrogen-bond acceptors (Lipinski definition) is 3. The number of amides is 1. The first-order chi connectivity index (χ1) is 5.68. The molecule has 2 bridgehead atoms. The minimum atomic E-state index is -0.928. The highest BCUT2D eigenvalue weighted by Crippen LogP contribution is 2.27. The summed E-state index contributed by atoms with van der Waals surface area (Å²) in [5.41, 5.74) is 0. The molecule has 5 heteroatoms.